The fourth-order valence-corrected chi connectivity index (χ4v) is 2.43. The van der Waals surface area contributed by atoms with Crippen molar-refractivity contribution in [1.82, 2.24) is 4.98 Å². The average Bonchev–Trinajstić information content (AvgIpc) is 2.48. The Kier molecular flexibility index (Phi) is 3.58. The van der Waals surface area contributed by atoms with Crippen LogP contribution in [0.25, 0.3) is 0 Å². The summed E-state index contributed by atoms with van der Waals surface area (Å²) in [5.74, 6) is -1.34. The Morgan fingerprint density at radius 2 is 2.18 bits per heavy atom. The predicted molar refractivity (Wildman–Crippen MR) is 80.0 cm³/mol. The molecule has 1 aromatic heterocycles. The average molecular weight is 299 g/mol. The van der Waals surface area contributed by atoms with Gasteiger partial charge in [-0.15, -0.1) is 0 Å². The van der Waals surface area contributed by atoms with E-state index in [0.29, 0.717) is 17.1 Å². The van der Waals surface area contributed by atoms with Crippen molar-refractivity contribution in [2.24, 2.45) is 0 Å². The zero-order chi connectivity index (χ0) is 15.7. The van der Waals surface area contributed by atoms with Gasteiger partial charge >= 0.3 is 0 Å². The summed E-state index contributed by atoms with van der Waals surface area (Å²) in [5.41, 5.74) is 1.93. The third-order valence-corrected chi connectivity index (χ3v) is 3.53. The number of aromatic nitrogens is 1. The SMILES string of the molecule is Cc1ccc(NC(=O)C2CC(=O)Nc3cc(F)ccc32)nc1. The molecular formula is C16H14FN3O2. The van der Waals surface area contributed by atoms with Crippen molar-refractivity contribution >= 4 is 23.3 Å². The van der Waals surface area contributed by atoms with Crippen molar-refractivity contribution in [2.45, 2.75) is 19.3 Å². The molecule has 0 radical (unpaired) electrons. The second-order valence-corrected chi connectivity index (χ2v) is 5.25. The van der Waals surface area contributed by atoms with Gasteiger partial charge in [-0.1, -0.05) is 12.1 Å². The second-order valence-electron chi connectivity index (χ2n) is 5.25. The number of nitrogens with one attached hydrogen (secondary N) is 2. The number of carbonyl (C=O) groups is 2. The number of hydrogen-bond acceptors (Lipinski definition) is 3. The minimum atomic E-state index is -0.660. The maximum atomic E-state index is 13.3. The Hall–Kier alpha value is -2.76. The van der Waals surface area contributed by atoms with Crippen LogP contribution < -0.4 is 10.6 Å². The molecule has 1 aliphatic rings. The van der Waals surface area contributed by atoms with E-state index >= 15 is 0 Å². The third-order valence-electron chi connectivity index (χ3n) is 3.53. The van der Waals surface area contributed by atoms with Gasteiger partial charge in [-0.05, 0) is 36.2 Å². The molecule has 0 aliphatic carbocycles. The highest BCUT2D eigenvalue weighted by Crippen LogP contribution is 2.33. The number of carbonyl (C=O) groups excluding carboxylic acids is 2. The smallest absolute Gasteiger partial charge is 0.233 e. The van der Waals surface area contributed by atoms with Gasteiger partial charge in [0.25, 0.3) is 0 Å². The molecule has 1 aliphatic heterocycles. The molecule has 0 fully saturated rings. The van der Waals surface area contributed by atoms with Crippen molar-refractivity contribution in [3.63, 3.8) is 0 Å². The Labute approximate surface area is 126 Å². The molecule has 5 nitrogen and oxygen atoms in total. The van der Waals surface area contributed by atoms with E-state index in [9.17, 15) is 14.0 Å². The molecule has 2 N–H and O–H groups in total. The number of halogens is 1. The normalized spacial score (nSPS) is 16.6. The van der Waals surface area contributed by atoms with Gasteiger partial charge in [0.15, 0.2) is 0 Å². The Balaban J connectivity index is 1.86. The van der Waals surface area contributed by atoms with Gasteiger partial charge in [0.1, 0.15) is 11.6 Å². The Morgan fingerprint density at radius 1 is 1.36 bits per heavy atom. The number of amides is 2. The van der Waals surface area contributed by atoms with Crippen molar-refractivity contribution in [3.05, 3.63) is 53.5 Å². The number of rotatable bonds is 2. The molecule has 1 atom stereocenters. The third kappa shape index (κ3) is 2.81. The molecule has 3 rings (SSSR count). The lowest BCUT2D eigenvalue weighted by atomic mass is 9.89. The van der Waals surface area contributed by atoms with E-state index < -0.39 is 11.7 Å². The molecule has 2 amide bonds. The number of anilines is 2. The zero-order valence-electron chi connectivity index (χ0n) is 11.9. The van der Waals surface area contributed by atoms with E-state index in [4.69, 9.17) is 0 Å². The van der Waals surface area contributed by atoms with Crippen LogP contribution in [0.4, 0.5) is 15.9 Å². The first-order chi connectivity index (χ1) is 10.5. The summed E-state index contributed by atoms with van der Waals surface area (Å²) in [6.07, 6.45) is 1.67. The molecule has 112 valence electrons. The standard InChI is InChI=1S/C16H14FN3O2/c1-9-2-5-14(18-8-9)20-16(22)12-7-15(21)19-13-6-10(17)3-4-11(12)13/h2-6,8,12H,7H2,1H3,(H,19,21)(H,18,20,22). The lowest BCUT2D eigenvalue weighted by Gasteiger charge is -2.24. The molecule has 1 unspecified atom stereocenters. The summed E-state index contributed by atoms with van der Waals surface area (Å²) in [7, 11) is 0. The van der Waals surface area contributed by atoms with Crippen LogP contribution in [0.2, 0.25) is 0 Å². The van der Waals surface area contributed by atoms with Crippen LogP contribution in [-0.2, 0) is 9.59 Å². The Morgan fingerprint density at radius 3 is 2.91 bits per heavy atom. The minimum Gasteiger partial charge on any atom is -0.326 e. The van der Waals surface area contributed by atoms with Gasteiger partial charge in [-0.3, -0.25) is 9.59 Å². The van der Waals surface area contributed by atoms with E-state index in [-0.39, 0.29) is 18.2 Å². The van der Waals surface area contributed by atoms with Crippen LogP contribution in [-0.4, -0.2) is 16.8 Å². The molecule has 0 bridgehead atoms. The number of fused-ring (bicyclic) bond motifs is 1. The maximum Gasteiger partial charge on any atom is 0.233 e. The lowest BCUT2D eigenvalue weighted by Crippen LogP contribution is -2.31. The predicted octanol–water partition coefficient (Wildman–Crippen LogP) is 2.59. The van der Waals surface area contributed by atoms with E-state index in [2.05, 4.69) is 15.6 Å². The van der Waals surface area contributed by atoms with Crippen molar-refractivity contribution in [3.8, 4) is 0 Å². The topological polar surface area (TPSA) is 71.1 Å². The molecule has 1 aromatic carbocycles. The summed E-state index contributed by atoms with van der Waals surface area (Å²) in [5, 5.41) is 5.27. The first-order valence-corrected chi connectivity index (χ1v) is 6.86. The van der Waals surface area contributed by atoms with Crippen molar-refractivity contribution in [2.75, 3.05) is 10.6 Å². The van der Waals surface area contributed by atoms with Crippen molar-refractivity contribution in [1.29, 1.82) is 0 Å². The van der Waals surface area contributed by atoms with Gasteiger partial charge in [-0.25, -0.2) is 9.37 Å². The molecule has 0 saturated carbocycles. The monoisotopic (exact) mass is 299 g/mol. The molecule has 6 heteroatoms. The highest BCUT2D eigenvalue weighted by molar-refractivity contribution is 6.04. The minimum absolute atomic E-state index is 0.0241. The van der Waals surface area contributed by atoms with E-state index in [1.165, 1.54) is 18.2 Å². The molecule has 0 saturated heterocycles. The summed E-state index contributed by atoms with van der Waals surface area (Å²) >= 11 is 0. The highest BCUT2D eigenvalue weighted by atomic mass is 19.1. The van der Waals surface area contributed by atoms with Crippen LogP contribution in [0.1, 0.15) is 23.5 Å². The van der Waals surface area contributed by atoms with Crippen LogP contribution in [0, 0.1) is 12.7 Å². The zero-order valence-corrected chi connectivity index (χ0v) is 11.9. The fourth-order valence-electron chi connectivity index (χ4n) is 2.43. The van der Waals surface area contributed by atoms with Crippen LogP contribution in [0.3, 0.4) is 0 Å². The van der Waals surface area contributed by atoms with Gasteiger partial charge in [0.2, 0.25) is 11.8 Å². The summed E-state index contributed by atoms with van der Waals surface area (Å²) in [4.78, 5) is 28.3. The maximum absolute atomic E-state index is 13.3. The quantitative estimate of drug-likeness (QED) is 0.895. The molecular weight excluding hydrogens is 285 g/mol. The fraction of sp³-hybridized carbons (Fsp3) is 0.188. The number of nitrogens with zero attached hydrogens (tertiary/aromatic N) is 1. The Bertz CT molecular complexity index is 744. The number of pyridine rings is 1. The molecule has 2 heterocycles. The first-order valence-electron chi connectivity index (χ1n) is 6.86. The van der Waals surface area contributed by atoms with Gasteiger partial charge in [-0.2, -0.15) is 0 Å². The number of aryl methyl sites for hydroxylation is 1. The largest absolute Gasteiger partial charge is 0.326 e. The highest BCUT2D eigenvalue weighted by Gasteiger charge is 2.31. The summed E-state index contributed by atoms with van der Waals surface area (Å²) in [6, 6.07) is 7.55. The van der Waals surface area contributed by atoms with Crippen LogP contribution >= 0.6 is 0 Å². The second kappa shape index (κ2) is 5.55. The molecule has 22 heavy (non-hydrogen) atoms. The van der Waals surface area contributed by atoms with Crippen LogP contribution in [0.15, 0.2) is 36.5 Å². The lowest BCUT2D eigenvalue weighted by molar-refractivity contribution is -0.123. The van der Waals surface area contributed by atoms with Crippen LogP contribution in [0.5, 0.6) is 0 Å². The molecule has 0 spiro atoms. The summed E-state index contributed by atoms with van der Waals surface area (Å²) in [6.45, 7) is 1.90. The molecule has 2 aromatic rings. The van der Waals surface area contributed by atoms with Crippen molar-refractivity contribution < 1.29 is 14.0 Å². The number of hydrogen-bond donors (Lipinski definition) is 2. The van der Waals surface area contributed by atoms with E-state index in [1.54, 1.807) is 12.3 Å². The van der Waals surface area contributed by atoms with Gasteiger partial charge in [0, 0.05) is 18.3 Å². The van der Waals surface area contributed by atoms with E-state index in [0.717, 1.165) is 5.56 Å². The summed E-state index contributed by atoms with van der Waals surface area (Å²) < 4.78 is 13.3. The van der Waals surface area contributed by atoms with E-state index in [1.807, 2.05) is 13.0 Å². The van der Waals surface area contributed by atoms with Gasteiger partial charge < -0.3 is 10.6 Å². The number of benzene rings is 1. The van der Waals surface area contributed by atoms with Gasteiger partial charge in [0.05, 0.1) is 5.92 Å². The first kappa shape index (κ1) is 14.2.